The molecule has 0 bridgehead atoms. The highest BCUT2D eigenvalue weighted by atomic mass is 16.1. The minimum atomic E-state index is -0.216. The SMILES string of the molecule is CCN(CC)c1nccc(C(=O)Nc2ccc(N3CCCCC3)cc2)n1. The van der Waals surface area contributed by atoms with E-state index in [0.29, 0.717) is 11.6 Å². The number of hydrogen-bond acceptors (Lipinski definition) is 5. The maximum absolute atomic E-state index is 12.5. The number of piperidine rings is 1. The molecule has 3 rings (SSSR count). The number of carbonyl (C=O) groups is 1. The Morgan fingerprint density at radius 2 is 1.77 bits per heavy atom. The van der Waals surface area contributed by atoms with Crippen LogP contribution in [0.2, 0.25) is 0 Å². The van der Waals surface area contributed by atoms with Crippen LogP contribution in [0.4, 0.5) is 17.3 Å². The minimum absolute atomic E-state index is 0.216. The van der Waals surface area contributed by atoms with Crippen molar-refractivity contribution in [1.82, 2.24) is 9.97 Å². The van der Waals surface area contributed by atoms with Gasteiger partial charge in [-0.2, -0.15) is 0 Å². The molecule has 0 aliphatic carbocycles. The average Bonchev–Trinajstić information content (AvgIpc) is 2.70. The lowest BCUT2D eigenvalue weighted by Gasteiger charge is -2.28. The first-order valence-electron chi connectivity index (χ1n) is 9.45. The van der Waals surface area contributed by atoms with E-state index in [2.05, 4.69) is 32.3 Å². The molecule has 6 heteroatoms. The van der Waals surface area contributed by atoms with Crippen molar-refractivity contribution < 1.29 is 4.79 Å². The summed E-state index contributed by atoms with van der Waals surface area (Å²) in [6.07, 6.45) is 5.45. The van der Waals surface area contributed by atoms with Gasteiger partial charge >= 0.3 is 0 Å². The molecule has 1 saturated heterocycles. The number of nitrogens with one attached hydrogen (secondary N) is 1. The smallest absolute Gasteiger partial charge is 0.274 e. The Morgan fingerprint density at radius 3 is 2.42 bits per heavy atom. The fraction of sp³-hybridized carbons (Fsp3) is 0.450. The van der Waals surface area contributed by atoms with Crippen LogP contribution < -0.4 is 15.1 Å². The number of amides is 1. The number of anilines is 3. The summed E-state index contributed by atoms with van der Waals surface area (Å²) in [5.74, 6) is 0.370. The molecule has 2 aromatic rings. The molecular formula is C20H27N5O. The molecule has 0 radical (unpaired) electrons. The Kier molecular flexibility index (Phi) is 6.04. The van der Waals surface area contributed by atoms with Crippen LogP contribution in [0, 0.1) is 0 Å². The molecule has 1 aromatic heterocycles. The number of aromatic nitrogens is 2. The third-order valence-corrected chi connectivity index (χ3v) is 4.77. The van der Waals surface area contributed by atoms with Crippen molar-refractivity contribution in [3.63, 3.8) is 0 Å². The van der Waals surface area contributed by atoms with E-state index in [0.717, 1.165) is 31.9 Å². The van der Waals surface area contributed by atoms with E-state index in [1.165, 1.54) is 24.9 Å². The van der Waals surface area contributed by atoms with Crippen molar-refractivity contribution in [3.8, 4) is 0 Å². The van der Waals surface area contributed by atoms with Crippen molar-refractivity contribution >= 4 is 23.2 Å². The summed E-state index contributed by atoms with van der Waals surface area (Å²) in [7, 11) is 0. The van der Waals surface area contributed by atoms with Gasteiger partial charge in [0.05, 0.1) is 0 Å². The lowest BCUT2D eigenvalue weighted by atomic mass is 10.1. The van der Waals surface area contributed by atoms with Crippen LogP contribution >= 0.6 is 0 Å². The van der Waals surface area contributed by atoms with E-state index >= 15 is 0 Å². The highest BCUT2D eigenvalue weighted by Gasteiger charge is 2.13. The number of hydrogen-bond donors (Lipinski definition) is 1. The topological polar surface area (TPSA) is 61.4 Å². The second-order valence-electron chi connectivity index (χ2n) is 6.46. The number of carbonyl (C=O) groups excluding carboxylic acids is 1. The fourth-order valence-electron chi connectivity index (χ4n) is 3.24. The molecule has 1 aliphatic heterocycles. The zero-order valence-electron chi connectivity index (χ0n) is 15.6. The molecular weight excluding hydrogens is 326 g/mol. The second-order valence-corrected chi connectivity index (χ2v) is 6.46. The fourth-order valence-corrected chi connectivity index (χ4v) is 3.24. The predicted octanol–water partition coefficient (Wildman–Crippen LogP) is 3.57. The van der Waals surface area contributed by atoms with Gasteiger partial charge in [0.25, 0.3) is 5.91 Å². The molecule has 6 nitrogen and oxygen atoms in total. The van der Waals surface area contributed by atoms with Gasteiger partial charge in [-0.05, 0) is 63.4 Å². The maximum Gasteiger partial charge on any atom is 0.274 e. The van der Waals surface area contributed by atoms with Gasteiger partial charge in [-0.15, -0.1) is 0 Å². The van der Waals surface area contributed by atoms with E-state index in [-0.39, 0.29) is 5.91 Å². The van der Waals surface area contributed by atoms with E-state index in [1.807, 2.05) is 30.9 Å². The number of nitrogens with zero attached hydrogens (tertiary/aromatic N) is 4. The summed E-state index contributed by atoms with van der Waals surface area (Å²) >= 11 is 0. The Bertz CT molecular complexity index is 721. The Morgan fingerprint density at radius 1 is 1.08 bits per heavy atom. The van der Waals surface area contributed by atoms with Gasteiger partial charge < -0.3 is 15.1 Å². The summed E-state index contributed by atoms with van der Waals surface area (Å²) in [5, 5.41) is 2.92. The van der Waals surface area contributed by atoms with Gasteiger partial charge in [-0.1, -0.05) is 0 Å². The average molecular weight is 353 g/mol. The van der Waals surface area contributed by atoms with Crippen LogP contribution in [0.5, 0.6) is 0 Å². The normalized spacial score (nSPS) is 14.2. The summed E-state index contributed by atoms with van der Waals surface area (Å²) in [4.78, 5) is 25.6. The maximum atomic E-state index is 12.5. The lowest BCUT2D eigenvalue weighted by Crippen LogP contribution is -2.29. The third-order valence-electron chi connectivity index (χ3n) is 4.77. The summed E-state index contributed by atoms with van der Waals surface area (Å²) < 4.78 is 0. The van der Waals surface area contributed by atoms with Crippen molar-refractivity contribution in [1.29, 1.82) is 0 Å². The van der Waals surface area contributed by atoms with E-state index < -0.39 is 0 Å². The molecule has 138 valence electrons. The molecule has 0 saturated carbocycles. The summed E-state index contributed by atoms with van der Waals surface area (Å²) in [6.45, 7) is 7.92. The van der Waals surface area contributed by atoms with E-state index in [9.17, 15) is 4.79 Å². The molecule has 1 aromatic carbocycles. The van der Waals surface area contributed by atoms with Crippen LogP contribution in [0.25, 0.3) is 0 Å². The van der Waals surface area contributed by atoms with Crippen molar-refractivity contribution in [3.05, 3.63) is 42.2 Å². The molecule has 2 heterocycles. The van der Waals surface area contributed by atoms with Crippen LogP contribution in [0.3, 0.4) is 0 Å². The second kappa shape index (κ2) is 8.65. The van der Waals surface area contributed by atoms with Crippen LogP contribution in [-0.4, -0.2) is 42.1 Å². The molecule has 0 atom stereocenters. The Labute approximate surface area is 155 Å². The van der Waals surface area contributed by atoms with Crippen LogP contribution in [0.1, 0.15) is 43.6 Å². The van der Waals surface area contributed by atoms with Gasteiger partial charge in [-0.25, -0.2) is 9.97 Å². The van der Waals surface area contributed by atoms with Crippen LogP contribution in [0.15, 0.2) is 36.5 Å². The molecule has 1 fully saturated rings. The highest BCUT2D eigenvalue weighted by Crippen LogP contribution is 2.22. The molecule has 0 spiro atoms. The minimum Gasteiger partial charge on any atom is -0.372 e. The standard InChI is InChI=1S/C20H27N5O/c1-3-24(4-2)20-21-13-12-18(23-20)19(26)22-16-8-10-17(11-9-16)25-14-6-5-7-15-25/h8-13H,3-7,14-15H2,1-2H3,(H,22,26). The molecule has 1 N–H and O–H groups in total. The molecule has 0 unspecified atom stereocenters. The van der Waals surface area contributed by atoms with Crippen molar-refractivity contribution in [2.75, 3.05) is 41.3 Å². The molecule has 1 amide bonds. The monoisotopic (exact) mass is 353 g/mol. The quantitative estimate of drug-likeness (QED) is 0.860. The Hall–Kier alpha value is -2.63. The van der Waals surface area contributed by atoms with Gasteiger partial charge in [0.1, 0.15) is 5.69 Å². The summed E-state index contributed by atoms with van der Waals surface area (Å²) in [5.41, 5.74) is 2.37. The largest absolute Gasteiger partial charge is 0.372 e. The van der Waals surface area contributed by atoms with Gasteiger partial charge in [0, 0.05) is 43.8 Å². The zero-order valence-corrected chi connectivity index (χ0v) is 15.6. The van der Waals surface area contributed by atoms with Gasteiger partial charge in [0.2, 0.25) is 5.95 Å². The van der Waals surface area contributed by atoms with Crippen molar-refractivity contribution in [2.24, 2.45) is 0 Å². The highest BCUT2D eigenvalue weighted by molar-refractivity contribution is 6.03. The van der Waals surface area contributed by atoms with Crippen LogP contribution in [-0.2, 0) is 0 Å². The van der Waals surface area contributed by atoms with Crippen molar-refractivity contribution in [2.45, 2.75) is 33.1 Å². The lowest BCUT2D eigenvalue weighted by molar-refractivity contribution is 0.102. The van der Waals surface area contributed by atoms with E-state index in [1.54, 1.807) is 12.3 Å². The third kappa shape index (κ3) is 4.31. The zero-order chi connectivity index (χ0) is 18.4. The van der Waals surface area contributed by atoms with E-state index in [4.69, 9.17) is 0 Å². The first kappa shape index (κ1) is 18.2. The van der Waals surface area contributed by atoms with Gasteiger partial charge in [0.15, 0.2) is 0 Å². The molecule has 1 aliphatic rings. The van der Waals surface area contributed by atoms with Gasteiger partial charge in [-0.3, -0.25) is 4.79 Å². The molecule has 26 heavy (non-hydrogen) atoms. The predicted molar refractivity (Wildman–Crippen MR) is 106 cm³/mol. The number of benzene rings is 1. The Balaban J connectivity index is 1.67. The number of rotatable bonds is 6. The summed E-state index contributed by atoms with van der Waals surface area (Å²) in [6, 6.07) is 9.69. The first-order valence-corrected chi connectivity index (χ1v) is 9.45. The first-order chi connectivity index (χ1) is 12.7.